The first-order valence-electron chi connectivity index (χ1n) is 7.02. The number of hydrogen-bond donors (Lipinski definition) is 2. The van der Waals surface area contributed by atoms with Gasteiger partial charge in [-0.2, -0.15) is 5.10 Å². The first-order chi connectivity index (χ1) is 11.7. The number of nitrogens with one attached hydrogen (secondary N) is 2. The zero-order valence-corrected chi connectivity index (χ0v) is 13.5. The molecule has 2 aromatic heterocycles. The lowest BCUT2D eigenvalue weighted by Gasteiger charge is -2.05. The topological polar surface area (TPSA) is 85.2 Å². The van der Waals surface area contributed by atoms with Crippen LogP contribution in [-0.2, 0) is 0 Å². The van der Waals surface area contributed by atoms with Crippen molar-refractivity contribution >= 4 is 23.2 Å². The van der Waals surface area contributed by atoms with E-state index in [1.54, 1.807) is 23.7 Å². The molecule has 1 aromatic carbocycles. The number of carbonyl (C=O) groups excluding carboxylic acids is 2. The second-order valence-corrected chi connectivity index (χ2v) is 5.66. The highest BCUT2D eigenvalue weighted by Gasteiger charge is 2.19. The number of thiophene rings is 1. The maximum Gasteiger partial charge on any atom is 0.294 e. The van der Waals surface area contributed by atoms with Crippen LogP contribution in [0.15, 0.2) is 54.0 Å². The SMILES string of the molecule is COc1cn(-c2ccccc2)nc1C(=O)NNC(=O)c1cccs1. The summed E-state index contributed by atoms with van der Waals surface area (Å²) >= 11 is 1.28. The first kappa shape index (κ1) is 15.8. The van der Waals surface area contributed by atoms with Gasteiger partial charge < -0.3 is 4.74 Å². The average molecular weight is 342 g/mol. The highest BCUT2D eigenvalue weighted by atomic mass is 32.1. The number of rotatable bonds is 4. The van der Waals surface area contributed by atoms with Crippen molar-refractivity contribution in [3.63, 3.8) is 0 Å². The lowest BCUT2D eigenvalue weighted by atomic mass is 10.3. The molecule has 0 aliphatic rings. The van der Waals surface area contributed by atoms with Gasteiger partial charge in [0, 0.05) is 0 Å². The smallest absolute Gasteiger partial charge is 0.294 e. The standard InChI is InChI=1S/C16H14N4O3S/c1-23-12-10-20(11-6-3-2-4-7-11)19-14(12)16(22)18-17-15(21)13-8-5-9-24-13/h2-10H,1H3,(H,17,21)(H,18,22). The number of benzene rings is 1. The average Bonchev–Trinajstić information content (AvgIpc) is 3.29. The molecule has 0 aliphatic carbocycles. The van der Waals surface area contributed by atoms with Crippen LogP contribution in [0.4, 0.5) is 0 Å². The Hall–Kier alpha value is -3.13. The van der Waals surface area contributed by atoms with Gasteiger partial charge in [0.15, 0.2) is 11.4 Å². The molecule has 3 aromatic rings. The van der Waals surface area contributed by atoms with Crippen LogP contribution < -0.4 is 15.6 Å². The number of para-hydroxylation sites is 1. The molecule has 8 heteroatoms. The molecule has 0 unspecified atom stereocenters. The number of nitrogens with zero attached hydrogens (tertiary/aromatic N) is 2. The molecular formula is C16H14N4O3S. The summed E-state index contributed by atoms with van der Waals surface area (Å²) < 4.78 is 6.73. The highest BCUT2D eigenvalue weighted by molar-refractivity contribution is 7.12. The summed E-state index contributed by atoms with van der Waals surface area (Å²) in [6.45, 7) is 0. The lowest BCUT2D eigenvalue weighted by molar-refractivity contribution is 0.0844. The van der Waals surface area contributed by atoms with Gasteiger partial charge in [-0.1, -0.05) is 24.3 Å². The van der Waals surface area contributed by atoms with E-state index in [4.69, 9.17) is 4.74 Å². The Morgan fingerprint density at radius 3 is 2.50 bits per heavy atom. The van der Waals surface area contributed by atoms with E-state index in [9.17, 15) is 9.59 Å². The van der Waals surface area contributed by atoms with Gasteiger partial charge in [0.05, 0.1) is 23.9 Å². The van der Waals surface area contributed by atoms with Crippen molar-refractivity contribution in [2.75, 3.05) is 7.11 Å². The van der Waals surface area contributed by atoms with Crippen LogP contribution in [0.3, 0.4) is 0 Å². The summed E-state index contributed by atoms with van der Waals surface area (Å²) in [5.74, 6) is -0.645. The lowest BCUT2D eigenvalue weighted by Crippen LogP contribution is -2.41. The third-order valence-electron chi connectivity index (χ3n) is 3.17. The normalized spacial score (nSPS) is 10.2. The zero-order chi connectivity index (χ0) is 16.9. The second-order valence-electron chi connectivity index (χ2n) is 4.71. The molecule has 3 rings (SSSR count). The second kappa shape index (κ2) is 6.97. The molecule has 122 valence electrons. The van der Waals surface area contributed by atoms with E-state index >= 15 is 0 Å². The van der Waals surface area contributed by atoms with Gasteiger partial charge in [-0.25, -0.2) is 4.68 Å². The fourth-order valence-corrected chi connectivity index (χ4v) is 2.64. The maximum absolute atomic E-state index is 12.3. The number of hydrogen-bond acceptors (Lipinski definition) is 5. The molecule has 2 N–H and O–H groups in total. The summed E-state index contributed by atoms with van der Waals surface area (Å²) in [6.07, 6.45) is 1.60. The van der Waals surface area contributed by atoms with Gasteiger partial charge in [0.1, 0.15) is 0 Å². The van der Waals surface area contributed by atoms with E-state index in [1.807, 2.05) is 30.3 Å². The fourth-order valence-electron chi connectivity index (χ4n) is 2.02. The molecule has 0 saturated carbocycles. The van der Waals surface area contributed by atoms with Crippen LogP contribution in [0.5, 0.6) is 5.75 Å². The van der Waals surface area contributed by atoms with Crippen LogP contribution in [0.1, 0.15) is 20.2 Å². The molecule has 7 nitrogen and oxygen atoms in total. The van der Waals surface area contributed by atoms with Gasteiger partial charge in [0.2, 0.25) is 0 Å². The molecule has 24 heavy (non-hydrogen) atoms. The predicted octanol–water partition coefficient (Wildman–Crippen LogP) is 2.02. The quantitative estimate of drug-likeness (QED) is 0.710. The third-order valence-corrected chi connectivity index (χ3v) is 4.04. The minimum absolute atomic E-state index is 0.0767. The summed E-state index contributed by atoms with van der Waals surface area (Å²) in [4.78, 5) is 24.6. The van der Waals surface area contributed by atoms with Crippen molar-refractivity contribution in [2.45, 2.75) is 0 Å². The van der Waals surface area contributed by atoms with Crippen molar-refractivity contribution < 1.29 is 14.3 Å². The molecule has 0 bridgehead atoms. The van der Waals surface area contributed by atoms with E-state index in [0.717, 1.165) is 5.69 Å². The summed E-state index contributed by atoms with van der Waals surface area (Å²) in [6, 6.07) is 12.7. The van der Waals surface area contributed by atoms with Gasteiger partial charge >= 0.3 is 0 Å². The van der Waals surface area contributed by atoms with E-state index in [-0.39, 0.29) is 11.6 Å². The monoisotopic (exact) mass is 342 g/mol. The van der Waals surface area contributed by atoms with E-state index < -0.39 is 5.91 Å². The van der Waals surface area contributed by atoms with Crippen molar-refractivity contribution in [3.05, 3.63) is 64.6 Å². The molecular weight excluding hydrogens is 328 g/mol. The van der Waals surface area contributed by atoms with Crippen LogP contribution >= 0.6 is 11.3 Å². The molecule has 0 radical (unpaired) electrons. The first-order valence-corrected chi connectivity index (χ1v) is 7.90. The minimum atomic E-state index is -0.563. The number of aromatic nitrogens is 2. The van der Waals surface area contributed by atoms with Gasteiger partial charge in [0.25, 0.3) is 11.8 Å². The van der Waals surface area contributed by atoms with Crippen LogP contribution in [-0.4, -0.2) is 28.7 Å². The van der Waals surface area contributed by atoms with Gasteiger partial charge in [-0.3, -0.25) is 20.4 Å². The largest absolute Gasteiger partial charge is 0.493 e. The van der Waals surface area contributed by atoms with Crippen molar-refractivity contribution in [1.29, 1.82) is 0 Å². The Labute approximate surface area is 141 Å². The Morgan fingerprint density at radius 2 is 1.83 bits per heavy atom. The summed E-state index contributed by atoms with van der Waals surface area (Å²) in [7, 11) is 1.45. The zero-order valence-electron chi connectivity index (χ0n) is 12.7. The molecule has 0 atom stereocenters. The maximum atomic E-state index is 12.3. The van der Waals surface area contributed by atoms with Crippen LogP contribution in [0.2, 0.25) is 0 Å². The Kier molecular flexibility index (Phi) is 4.57. The van der Waals surface area contributed by atoms with Crippen molar-refractivity contribution in [1.82, 2.24) is 20.6 Å². The van der Waals surface area contributed by atoms with Gasteiger partial charge in [-0.15, -0.1) is 11.3 Å². The molecule has 2 amide bonds. The van der Waals surface area contributed by atoms with E-state index in [2.05, 4.69) is 16.0 Å². The Morgan fingerprint density at radius 1 is 1.08 bits per heavy atom. The van der Waals surface area contributed by atoms with Gasteiger partial charge in [-0.05, 0) is 23.6 Å². The minimum Gasteiger partial charge on any atom is -0.493 e. The molecule has 0 saturated heterocycles. The Bertz CT molecular complexity index is 844. The predicted molar refractivity (Wildman–Crippen MR) is 89.4 cm³/mol. The number of carbonyl (C=O) groups is 2. The molecule has 0 fully saturated rings. The third kappa shape index (κ3) is 3.28. The van der Waals surface area contributed by atoms with Crippen molar-refractivity contribution in [2.24, 2.45) is 0 Å². The number of hydrazine groups is 1. The van der Waals surface area contributed by atoms with E-state index in [1.165, 1.54) is 23.1 Å². The fraction of sp³-hybridized carbons (Fsp3) is 0.0625. The molecule has 0 spiro atoms. The Balaban J connectivity index is 1.75. The van der Waals surface area contributed by atoms with E-state index in [0.29, 0.717) is 10.6 Å². The van der Waals surface area contributed by atoms with Crippen LogP contribution in [0.25, 0.3) is 5.69 Å². The molecule has 2 heterocycles. The summed E-state index contributed by atoms with van der Waals surface area (Å²) in [5, 5.41) is 6.00. The van der Waals surface area contributed by atoms with Crippen LogP contribution in [0, 0.1) is 0 Å². The number of ether oxygens (including phenoxy) is 1. The summed E-state index contributed by atoms with van der Waals surface area (Å²) in [5.41, 5.74) is 5.56. The number of methoxy groups -OCH3 is 1. The van der Waals surface area contributed by atoms with Crippen molar-refractivity contribution in [3.8, 4) is 11.4 Å². The number of amides is 2. The highest BCUT2D eigenvalue weighted by Crippen LogP contribution is 2.19. The molecule has 0 aliphatic heterocycles.